The minimum atomic E-state index is -0.394. The first-order chi connectivity index (χ1) is 4.34. The van der Waals surface area contributed by atoms with Crippen molar-refractivity contribution in [2.75, 3.05) is 13.8 Å². The van der Waals surface area contributed by atoms with E-state index >= 15 is 0 Å². The van der Waals surface area contributed by atoms with Crippen molar-refractivity contribution >= 4 is 5.97 Å². The van der Waals surface area contributed by atoms with Gasteiger partial charge in [-0.05, 0) is 0 Å². The molecule has 0 saturated carbocycles. The molecule has 3 N–H and O–H groups in total. The zero-order chi connectivity index (χ0) is 6.69. The molecule has 1 heterocycles. The Labute approximate surface area is 52.7 Å². The first kappa shape index (κ1) is 6.47. The van der Waals surface area contributed by atoms with Crippen LogP contribution < -0.4 is 16.2 Å². The highest BCUT2D eigenvalue weighted by Gasteiger charge is 2.20. The third kappa shape index (κ3) is 1.38. The second-order valence-electron chi connectivity index (χ2n) is 1.66. The average molecular weight is 131 g/mol. The van der Waals surface area contributed by atoms with Gasteiger partial charge in [0.1, 0.15) is 0 Å². The molecule has 0 amide bonds. The van der Waals surface area contributed by atoms with E-state index in [0.717, 1.165) is 0 Å². The molecule has 1 fully saturated rings. The summed E-state index contributed by atoms with van der Waals surface area (Å²) in [6.07, 6.45) is -0.394. The fourth-order valence-electron chi connectivity index (χ4n) is 0.617. The van der Waals surface area contributed by atoms with E-state index in [2.05, 4.69) is 20.9 Å². The second kappa shape index (κ2) is 2.77. The molecule has 52 valence electrons. The zero-order valence-electron chi connectivity index (χ0n) is 5.10. The van der Waals surface area contributed by atoms with Gasteiger partial charge in [-0.2, -0.15) is 0 Å². The summed E-state index contributed by atoms with van der Waals surface area (Å²) in [7, 11) is 1.35. The van der Waals surface area contributed by atoms with E-state index in [1.54, 1.807) is 0 Å². The van der Waals surface area contributed by atoms with E-state index in [4.69, 9.17) is 0 Å². The number of hydrogen-bond acceptors (Lipinski definition) is 5. The Balaban J connectivity index is 2.32. The lowest BCUT2D eigenvalue weighted by atomic mass is 10.5. The molecule has 0 aromatic carbocycles. The normalized spacial score (nSPS) is 26.1. The molecular weight excluding hydrogens is 122 g/mol. The molecule has 5 heteroatoms. The average Bonchev–Trinajstić information content (AvgIpc) is 2.37. The molecular formula is C4H9N3O2. The van der Waals surface area contributed by atoms with Crippen LogP contribution in [0, 0.1) is 0 Å². The van der Waals surface area contributed by atoms with Gasteiger partial charge in [-0.3, -0.25) is 5.32 Å². The predicted octanol–water partition coefficient (Wildman–Crippen LogP) is -1.86. The van der Waals surface area contributed by atoms with Crippen molar-refractivity contribution in [1.29, 1.82) is 0 Å². The van der Waals surface area contributed by atoms with Crippen molar-refractivity contribution < 1.29 is 9.53 Å². The topological polar surface area (TPSA) is 62.4 Å². The van der Waals surface area contributed by atoms with Gasteiger partial charge in [0.05, 0.1) is 13.8 Å². The van der Waals surface area contributed by atoms with Crippen LogP contribution in [0.25, 0.3) is 0 Å². The number of ether oxygens (including phenoxy) is 1. The lowest BCUT2D eigenvalue weighted by Gasteiger charge is -2.04. The summed E-state index contributed by atoms with van der Waals surface area (Å²) < 4.78 is 4.43. The largest absolute Gasteiger partial charge is 0.467 e. The van der Waals surface area contributed by atoms with Gasteiger partial charge < -0.3 is 4.74 Å². The van der Waals surface area contributed by atoms with Crippen LogP contribution in [0.1, 0.15) is 0 Å². The highest BCUT2D eigenvalue weighted by molar-refractivity contribution is 5.75. The number of nitrogens with one attached hydrogen (secondary N) is 3. The fourth-order valence-corrected chi connectivity index (χ4v) is 0.617. The van der Waals surface area contributed by atoms with Crippen LogP contribution in [0.5, 0.6) is 0 Å². The molecule has 0 radical (unpaired) electrons. The maximum Gasteiger partial charge on any atom is 0.339 e. The molecule has 1 saturated heterocycles. The molecule has 0 aromatic heterocycles. The lowest BCUT2D eigenvalue weighted by Crippen LogP contribution is -2.41. The van der Waals surface area contributed by atoms with Crippen molar-refractivity contribution in [3.8, 4) is 0 Å². The minimum Gasteiger partial charge on any atom is -0.467 e. The van der Waals surface area contributed by atoms with Gasteiger partial charge in [-0.15, -0.1) is 0 Å². The van der Waals surface area contributed by atoms with Crippen LogP contribution in [0.3, 0.4) is 0 Å². The third-order valence-corrected chi connectivity index (χ3v) is 1.08. The van der Waals surface area contributed by atoms with E-state index in [0.29, 0.717) is 6.67 Å². The molecule has 0 bridgehead atoms. The maximum absolute atomic E-state index is 10.6. The van der Waals surface area contributed by atoms with Gasteiger partial charge in [0.25, 0.3) is 0 Å². The Kier molecular flexibility index (Phi) is 1.99. The first-order valence-electron chi connectivity index (χ1n) is 2.64. The Morgan fingerprint density at radius 2 is 2.56 bits per heavy atom. The van der Waals surface area contributed by atoms with E-state index in [1.807, 2.05) is 0 Å². The van der Waals surface area contributed by atoms with Crippen LogP contribution in [0.2, 0.25) is 0 Å². The summed E-state index contributed by atoms with van der Waals surface area (Å²) in [5, 5.41) is 2.81. The number of carbonyl (C=O) groups is 1. The second-order valence-corrected chi connectivity index (χ2v) is 1.66. The number of carbonyl (C=O) groups excluding carboxylic acids is 1. The van der Waals surface area contributed by atoms with Crippen molar-refractivity contribution in [3.63, 3.8) is 0 Å². The lowest BCUT2D eigenvalue weighted by molar-refractivity contribution is -0.143. The third-order valence-electron chi connectivity index (χ3n) is 1.08. The fraction of sp³-hybridized carbons (Fsp3) is 0.750. The van der Waals surface area contributed by atoms with Crippen LogP contribution in [0.15, 0.2) is 0 Å². The first-order valence-corrected chi connectivity index (χ1v) is 2.64. The van der Waals surface area contributed by atoms with Gasteiger partial charge in [-0.1, -0.05) is 0 Å². The maximum atomic E-state index is 10.6. The number of hydrazine groups is 1. The summed E-state index contributed by atoms with van der Waals surface area (Å²) in [6, 6.07) is 0. The smallest absolute Gasteiger partial charge is 0.339 e. The minimum absolute atomic E-state index is 0.306. The highest BCUT2D eigenvalue weighted by Crippen LogP contribution is 1.83. The molecule has 1 aliphatic heterocycles. The SMILES string of the molecule is COC(=O)C1NCNN1. The summed E-state index contributed by atoms with van der Waals surface area (Å²) >= 11 is 0. The van der Waals surface area contributed by atoms with Crippen molar-refractivity contribution in [2.45, 2.75) is 6.17 Å². The van der Waals surface area contributed by atoms with E-state index in [9.17, 15) is 4.79 Å². The molecule has 0 aromatic rings. The summed E-state index contributed by atoms with van der Waals surface area (Å²) in [4.78, 5) is 10.6. The van der Waals surface area contributed by atoms with E-state index in [-0.39, 0.29) is 5.97 Å². The van der Waals surface area contributed by atoms with E-state index in [1.165, 1.54) is 7.11 Å². The Bertz CT molecular complexity index is 110. The summed E-state index contributed by atoms with van der Waals surface area (Å²) in [6.45, 7) is 0.583. The molecule has 5 nitrogen and oxygen atoms in total. The number of hydrogen-bond donors (Lipinski definition) is 3. The van der Waals surface area contributed by atoms with Gasteiger partial charge >= 0.3 is 5.97 Å². The van der Waals surface area contributed by atoms with Crippen LogP contribution in [-0.4, -0.2) is 25.9 Å². The molecule has 1 rings (SSSR count). The Morgan fingerprint density at radius 1 is 1.78 bits per heavy atom. The standard InChI is InChI=1S/C4H9N3O2/c1-9-4(8)3-5-2-6-7-3/h3,5-7H,2H2,1H3. The number of esters is 1. The van der Waals surface area contributed by atoms with Crippen LogP contribution >= 0.6 is 0 Å². The summed E-state index contributed by atoms with van der Waals surface area (Å²) in [5.41, 5.74) is 5.40. The van der Waals surface area contributed by atoms with Crippen LogP contribution in [-0.2, 0) is 9.53 Å². The molecule has 1 unspecified atom stereocenters. The Hall–Kier alpha value is -0.650. The Morgan fingerprint density at radius 3 is 3.00 bits per heavy atom. The van der Waals surface area contributed by atoms with Crippen molar-refractivity contribution in [2.24, 2.45) is 0 Å². The molecule has 1 atom stereocenters. The zero-order valence-corrected chi connectivity index (χ0v) is 5.10. The van der Waals surface area contributed by atoms with Crippen molar-refractivity contribution in [1.82, 2.24) is 16.2 Å². The van der Waals surface area contributed by atoms with Crippen molar-refractivity contribution in [3.05, 3.63) is 0 Å². The molecule has 0 aliphatic carbocycles. The van der Waals surface area contributed by atoms with Gasteiger partial charge in [0, 0.05) is 0 Å². The quantitative estimate of drug-likeness (QED) is 0.364. The van der Waals surface area contributed by atoms with Gasteiger partial charge in [0.2, 0.25) is 0 Å². The molecule has 0 spiro atoms. The summed E-state index contributed by atoms with van der Waals surface area (Å²) in [5.74, 6) is -0.306. The predicted molar refractivity (Wildman–Crippen MR) is 30.1 cm³/mol. The number of rotatable bonds is 1. The van der Waals surface area contributed by atoms with Gasteiger partial charge in [0.15, 0.2) is 6.17 Å². The molecule has 9 heavy (non-hydrogen) atoms. The number of methoxy groups -OCH3 is 1. The van der Waals surface area contributed by atoms with Gasteiger partial charge in [-0.25, -0.2) is 15.6 Å². The van der Waals surface area contributed by atoms with Crippen LogP contribution in [0.4, 0.5) is 0 Å². The van der Waals surface area contributed by atoms with E-state index < -0.39 is 6.17 Å². The monoisotopic (exact) mass is 131 g/mol. The molecule has 1 aliphatic rings. The highest BCUT2D eigenvalue weighted by atomic mass is 16.5.